The van der Waals surface area contributed by atoms with Crippen molar-refractivity contribution < 1.29 is 4.74 Å². The molecule has 2 N–H and O–H groups in total. The second kappa shape index (κ2) is 5.54. The molecule has 0 saturated carbocycles. The topological polar surface area (TPSA) is 53.1 Å². The van der Waals surface area contributed by atoms with Gasteiger partial charge in [0, 0.05) is 17.7 Å². The van der Waals surface area contributed by atoms with Crippen molar-refractivity contribution in [2.24, 2.45) is 12.8 Å². The van der Waals surface area contributed by atoms with Crippen LogP contribution in [0.5, 0.6) is 5.75 Å². The molecule has 1 aromatic heterocycles. The summed E-state index contributed by atoms with van der Waals surface area (Å²) in [6.07, 6.45) is 4.42. The van der Waals surface area contributed by atoms with E-state index in [-0.39, 0.29) is 6.04 Å². The van der Waals surface area contributed by atoms with Crippen molar-refractivity contribution in [3.8, 4) is 5.75 Å². The first-order valence-electron chi connectivity index (χ1n) is 5.66. The Bertz CT molecular complexity index is 539. The monoisotopic (exact) mass is 309 g/mol. The molecule has 18 heavy (non-hydrogen) atoms. The van der Waals surface area contributed by atoms with Gasteiger partial charge in [-0.3, -0.25) is 0 Å². The Morgan fingerprint density at radius 3 is 2.89 bits per heavy atom. The van der Waals surface area contributed by atoms with Gasteiger partial charge in [-0.1, -0.05) is 15.9 Å². The summed E-state index contributed by atoms with van der Waals surface area (Å²) in [7, 11) is 3.59. The summed E-state index contributed by atoms with van der Waals surface area (Å²) < 4.78 is 8.16. The van der Waals surface area contributed by atoms with Gasteiger partial charge in [-0.2, -0.15) is 0 Å². The fraction of sp³-hybridized carbons (Fsp3) is 0.308. The van der Waals surface area contributed by atoms with E-state index in [4.69, 9.17) is 10.5 Å². The van der Waals surface area contributed by atoms with Crippen LogP contribution in [-0.2, 0) is 13.5 Å². The molecular formula is C13H16BrN3O. The van der Waals surface area contributed by atoms with Crippen molar-refractivity contribution in [3.05, 3.63) is 46.5 Å². The zero-order valence-corrected chi connectivity index (χ0v) is 12.0. The zero-order chi connectivity index (χ0) is 13.1. The molecule has 5 heteroatoms. The molecule has 1 heterocycles. The lowest BCUT2D eigenvalue weighted by atomic mass is 10.0. The molecule has 0 aliphatic carbocycles. The lowest BCUT2D eigenvalue weighted by Crippen LogP contribution is -2.14. The van der Waals surface area contributed by atoms with Crippen LogP contribution < -0.4 is 10.5 Å². The minimum atomic E-state index is -0.116. The van der Waals surface area contributed by atoms with E-state index < -0.39 is 0 Å². The second-order valence-corrected chi connectivity index (χ2v) is 5.09. The molecule has 2 aromatic rings. The molecule has 2 rings (SSSR count). The van der Waals surface area contributed by atoms with E-state index in [1.807, 2.05) is 36.0 Å². The van der Waals surface area contributed by atoms with Gasteiger partial charge in [-0.15, -0.1) is 0 Å². The van der Waals surface area contributed by atoms with Gasteiger partial charge in [-0.05, 0) is 30.2 Å². The molecule has 0 fully saturated rings. The molecule has 0 spiro atoms. The number of halogens is 1. The highest BCUT2D eigenvalue weighted by molar-refractivity contribution is 9.10. The van der Waals surface area contributed by atoms with Crippen LogP contribution in [0.15, 0.2) is 35.2 Å². The van der Waals surface area contributed by atoms with Gasteiger partial charge in [0.05, 0.1) is 25.2 Å². The number of benzene rings is 1. The second-order valence-electron chi connectivity index (χ2n) is 4.23. The Hall–Kier alpha value is -1.33. The van der Waals surface area contributed by atoms with Gasteiger partial charge in [0.1, 0.15) is 5.75 Å². The smallest absolute Gasteiger partial charge is 0.119 e. The first kappa shape index (κ1) is 13.1. The highest BCUT2D eigenvalue weighted by Gasteiger charge is 2.12. The molecule has 0 bridgehead atoms. The Morgan fingerprint density at radius 2 is 2.28 bits per heavy atom. The Morgan fingerprint density at radius 1 is 1.50 bits per heavy atom. The van der Waals surface area contributed by atoms with Gasteiger partial charge in [-0.25, -0.2) is 4.98 Å². The van der Waals surface area contributed by atoms with Gasteiger partial charge >= 0.3 is 0 Å². The fourth-order valence-corrected chi connectivity index (χ4v) is 2.21. The molecule has 0 aliphatic heterocycles. The minimum absolute atomic E-state index is 0.116. The summed E-state index contributed by atoms with van der Waals surface area (Å²) in [4.78, 5) is 4.28. The Balaban J connectivity index is 2.18. The lowest BCUT2D eigenvalue weighted by Gasteiger charge is -2.11. The number of imidazole rings is 1. The van der Waals surface area contributed by atoms with Crippen molar-refractivity contribution in [3.63, 3.8) is 0 Å². The van der Waals surface area contributed by atoms with Crippen molar-refractivity contribution in [2.45, 2.75) is 12.5 Å². The molecule has 96 valence electrons. The van der Waals surface area contributed by atoms with Gasteiger partial charge in [0.2, 0.25) is 0 Å². The van der Waals surface area contributed by atoms with E-state index in [9.17, 15) is 0 Å². The third-order valence-corrected chi connectivity index (χ3v) is 3.57. The Kier molecular flexibility index (Phi) is 4.04. The van der Waals surface area contributed by atoms with Crippen LogP contribution in [0.25, 0.3) is 0 Å². The SMILES string of the molecule is COc1ccc(Br)c(CC(N)c2cn(C)cn2)c1. The number of aromatic nitrogens is 2. The number of methoxy groups -OCH3 is 1. The van der Waals surface area contributed by atoms with Crippen molar-refractivity contribution in [2.75, 3.05) is 7.11 Å². The van der Waals surface area contributed by atoms with Crippen LogP contribution in [0.2, 0.25) is 0 Å². The zero-order valence-electron chi connectivity index (χ0n) is 10.4. The molecule has 0 aliphatic rings. The standard InChI is InChI=1S/C13H16BrN3O/c1-17-7-13(16-8-17)12(15)6-9-5-10(18-2)3-4-11(9)14/h3-5,7-8,12H,6,15H2,1-2H3. The number of hydrogen-bond donors (Lipinski definition) is 1. The van der Waals surface area contributed by atoms with Crippen molar-refractivity contribution in [1.82, 2.24) is 9.55 Å². The van der Waals surface area contributed by atoms with Gasteiger partial charge in [0.15, 0.2) is 0 Å². The predicted octanol–water partition coefficient (Wildman–Crippen LogP) is 2.43. The number of aryl methyl sites for hydroxylation is 1. The van der Waals surface area contributed by atoms with Crippen molar-refractivity contribution in [1.29, 1.82) is 0 Å². The van der Waals surface area contributed by atoms with Crippen LogP contribution in [-0.4, -0.2) is 16.7 Å². The maximum absolute atomic E-state index is 6.16. The number of nitrogens with zero attached hydrogens (tertiary/aromatic N) is 2. The first-order chi connectivity index (χ1) is 8.60. The maximum atomic E-state index is 6.16. The molecule has 0 amide bonds. The summed E-state index contributed by atoms with van der Waals surface area (Å²) in [6.45, 7) is 0. The van der Waals surface area contributed by atoms with Crippen LogP contribution in [0.4, 0.5) is 0 Å². The summed E-state index contributed by atoms with van der Waals surface area (Å²) in [5.74, 6) is 0.835. The van der Waals surface area contributed by atoms with E-state index in [2.05, 4.69) is 20.9 Å². The van der Waals surface area contributed by atoms with E-state index in [0.29, 0.717) is 0 Å². The maximum Gasteiger partial charge on any atom is 0.119 e. The van der Waals surface area contributed by atoms with Crippen molar-refractivity contribution >= 4 is 15.9 Å². The average molecular weight is 310 g/mol. The van der Waals surface area contributed by atoms with Crippen LogP contribution in [0.1, 0.15) is 17.3 Å². The van der Waals surface area contributed by atoms with E-state index in [1.54, 1.807) is 13.4 Å². The summed E-state index contributed by atoms with van der Waals surface area (Å²) >= 11 is 3.53. The lowest BCUT2D eigenvalue weighted by molar-refractivity contribution is 0.414. The largest absolute Gasteiger partial charge is 0.497 e. The van der Waals surface area contributed by atoms with Crippen LogP contribution in [0.3, 0.4) is 0 Å². The highest BCUT2D eigenvalue weighted by Crippen LogP contribution is 2.26. The Labute approximate surface area is 115 Å². The van der Waals surface area contributed by atoms with E-state index in [0.717, 1.165) is 27.9 Å². The average Bonchev–Trinajstić information content (AvgIpc) is 2.79. The molecule has 1 unspecified atom stereocenters. The number of ether oxygens (including phenoxy) is 1. The van der Waals surface area contributed by atoms with Gasteiger partial charge in [0.25, 0.3) is 0 Å². The van der Waals surface area contributed by atoms with Crippen LogP contribution in [0, 0.1) is 0 Å². The fourth-order valence-electron chi connectivity index (χ4n) is 1.80. The van der Waals surface area contributed by atoms with Gasteiger partial charge < -0.3 is 15.0 Å². The number of rotatable bonds is 4. The molecule has 4 nitrogen and oxygen atoms in total. The summed E-state index contributed by atoms with van der Waals surface area (Å²) in [5, 5.41) is 0. The summed E-state index contributed by atoms with van der Waals surface area (Å²) in [6, 6.07) is 5.76. The molecule has 1 atom stereocenters. The third-order valence-electron chi connectivity index (χ3n) is 2.80. The molecular weight excluding hydrogens is 294 g/mol. The highest BCUT2D eigenvalue weighted by atomic mass is 79.9. The van der Waals surface area contributed by atoms with E-state index in [1.165, 1.54) is 0 Å². The number of nitrogens with two attached hydrogens (primary N) is 1. The normalized spacial score (nSPS) is 12.4. The quantitative estimate of drug-likeness (QED) is 0.943. The molecule has 1 aromatic carbocycles. The third kappa shape index (κ3) is 2.91. The summed E-state index contributed by atoms with van der Waals surface area (Å²) in [5.41, 5.74) is 8.18. The van der Waals surface area contributed by atoms with E-state index >= 15 is 0 Å². The minimum Gasteiger partial charge on any atom is -0.497 e. The van der Waals surface area contributed by atoms with Crippen LogP contribution >= 0.6 is 15.9 Å². The molecule has 0 radical (unpaired) electrons. The number of hydrogen-bond acceptors (Lipinski definition) is 3. The predicted molar refractivity (Wildman–Crippen MR) is 74.5 cm³/mol. The molecule has 0 saturated heterocycles. The first-order valence-corrected chi connectivity index (χ1v) is 6.45.